The van der Waals surface area contributed by atoms with E-state index in [1.807, 2.05) is 109 Å². The van der Waals surface area contributed by atoms with Crippen molar-refractivity contribution in [2.24, 2.45) is 4.99 Å². The quantitative estimate of drug-likeness (QED) is 0.168. The number of ether oxygens (including phenoxy) is 2. The van der Waals surface area contributed by atoms with Crippen LogP contribution in [0.1, 0.15) is 16.7 Å². The normalized spacial score (nSPS) is 12.4. The molecule has 0 bridgehead atoms. The van der Waals surface area contributed by atoms with Gasteiger partial charge in [0.1, 0.15) is 5.52 Å². The second-order valence-corrected chi connectivity index (χ2v) is 13.6. The van der Waals surface area contributed by atoms with E-state index in [0.717, 1.165) is 71.8 Å². The van der Waals surface area contributed by atoms with Gasteiger partial charge in [-0.3, -0.25) is 4.99 Å². The Morgan fingerprint density at radius 1 is 0.527 bits per heavy atom. The second-order valence-electron chi connectivity index (χ2n) is 13.6. The highest BCUT2D eigenvalue weighted by atomic mass is 16.6. The number of para-hydroxylation sites is 1. The van der Waals surface area contributed by atoms with Crippen molar-refractivity contribution in [3.63, 3.8) is 0 Å². The smallest absolute Gasteiger partial charge is 0.194 e. The third kappa shape index (κ3) is 5.94. The Balaban J connectivity index is 1.01. The molecule has 8 aromatic carbocycles. The van der Waals surface area contributed by atoms with Crippen LogP contribution in [0.5, 0.6) is 23.0 Å². The molecule has 0 unspecified atom stereocenters. The molecule has 0 amide bonds. The molecule has 0 saturated heterocycles. The molecule has 5 nitrogen and oxygen atoms in total. The Labute approximate surface area is 318 Å². The van der Waals surface area contributed by atoms with E-state index in [-0.39, 0.29) is 0 Å². The molecule has 1 aliphatic rings. The van der Waals surface area contributed by atoms with Crippen LogP contribution in [0.2, 0.25) is 0 Å². The lowest BCUT2D eigenvalue weighted by molar-refractivity contribution is 0.363. The number of aliphatic imine (C=N–C) groups is 1. The second kappa shape index (κ2) is 13.5. The SMILES string of the molecule is N=C(/C=C(\N=C\c1ccccc1)c1ccccc1)c1cccc(-c2ccc(-n3c4ccccc4c4ccc5c(c43)Oc3cc4ccccc4cc3O5)cc2)c1. The van der Waals surface area contributed by atoms with Crippen molar-refractivity contribution in [1.29, 1.82) is 5.41 Å². The molecule has 0 radical (unpaired) electrons. The van der Waals surface area contributed by atoms with Crippen LogP contribution in [-0.2, 0) is 0 Å². The zero-order chi connectivity index (χ0) is 36.7. The fourth-order valence-electron chi connectivity index (χ4n) is 7.42. The number of fused-ring (bicyclic) bond motifs is 7. The number of nitrogens with zero attached hydrogens (tertiary/aromatic N) is 2. The predicted molar refractivity (Wildman–Crippen MR) is 226 cm³/mol. The van der Waals surface area contributed by atoms with E-state index in [1.54, 1.807) is 0 Å². The maximum atomic E-state index is 9.12. The minimum absolute atomic E-state index is 0.384. The number of aromatic nitrogens is 1. The summed E-state index contributed by atoms with van der Waals surface area (Å²) in [6.45, 7) is 0. The number of benzene rings is 8. The van der Waals surface area contributed by atoms with Gasteiger partial charge in [0, 0.05) is 33.8 Å². The van der Waals surface area contributed by atoms with Crippen LogP contribution >= 0.6 is 0 Å². The lowest BCUT2D eigenvalue weighted by atomic mass is 9.99. The van der Waals surface area contributed by atoms with Gasteiger partial charge in [-0.15, -0.1) is 0 Å². The van der Waals surface area contributed by atoms with Gasteiger partial charge in [-0.2, -0.15) is 0 Å². The van der Waals surface area contributed by atoms with Crippen molar-refractivity contribution in [2.75, 3.05) is 0 Å². The highest BCUT2D eigenvalue weighted by molar-refractivity contribution is 6.13. The fraction of sp³-hybridized carbons (Fsp3) is 0. The zero-order valence-electron chi connectivity index (χ0n) is 29.7. The number of allylic oxidation sites excluding steroid dienone is 1. The van der Waals surface area contributed by atoms with E-state index >= 15 is 0 Å². The summed E-state index contributed by atoms with van der Waals surface area (Å²) < 4.78 is 15.5. The molecule has 0 aliphatic carbocycles. The van der Waals surface area contributed by atoms with Crippen LogP contribution in [-0.4, -0.2) is 16.5 Å². The minimum Gasteiger partial charge on any atom is -0.449 e. The molecule has 9 aromatic rings. The molecule has 55 heavy (non-hydrogen) atoms. The predicted octanol–water partition coefficient (Wildman–Crippen LogP) is 13.0. The average molecular weight is 708 g/mol. The summed E-state index contributed by atoms with van der Waals surface area (Å²) in [4.78, 5) is 4.81. The van der Waals surface area contributed by atoms with Gasteiger partial charge < -0.3 is 19.5 Å². The van der Waals surface area contributed by atoms with Gasteiger partial charge in [0.25, 0.3) is 0 Å². The Morgan fingerprint density at radius 2 is 1.20 bits per heavy atom. The molecule has 260 valence electrons. The number of rotatable bonds is 7. The van der Waals surface area contributed by atoms with Crippen LogP contribution in [0.3, 0.4) is 0 Å². The highest BCUT2D eigenvalue weighted by Gasteiger charge is 2.26. The lowest BCUT2D eigenvalue weighted by Crippen LogP contribution is -2.02. The summed E-state index contributed by atoms with van der Waals surface area (Å²) in [5, 5.41) is 13.6. The largest absolute Gasteiger partial charge is 0.449 e. The van der Waals surface area contributed by atoms with Crippen molar-refractivity contribution < 1.29 is 9.47 Å². The van der Waals surface area contributed by atoms with Crippen molar-refractivity contribution in [3.05, 3.63) is 205 Å². The zero-order valence-corrected chi connectivity index (χ0v) is 29.7. The standard InChI is InChI=1S/C50H33N3O2/c51-43(31-44(35-14-5-2-6-15-35)52-32-33-12-3-1-4-13-33)39-19-11-18-36(28-39)34-22-24-40(25-23-34)53-45-21-10-9-20-41(45)42-26-27-46-50(49(42)53)55-48-30-38-17-8-7-16-37(38)29-47(48)54-46/h1-32,51H/b44-31-,51-43?,52-32+. The lowest BCUT2D eigenvalue weighted by Gasteiger charge is -2.23. The van der Waals surface area contributed by atoms with Crippen molar-refractivity contribution in [3.8, 4) is 39.8 Å². The summed E-state index contributed by atoms with van der Waals surface area (Å²) in [5.74, 6) is 2.79. The molecule has 5 heteroatoms. The summed E-state index contributed by atoms with van der Waals surface area (Å²) in [6, 6.07) is 61.7. The van der Waals surface area contributed by atoms with Gasteiger partial charge in [0.05, 0.1) is 16.9 Å². The Hall–Kier alpha value is -7.50. The number of hydrogen-bond acceptors (Lipinski definition) is 4. The average Bonchev–Trinajstić information content (AvgIpc) is 3.59. The monoisotopic (exact) mass is 707 g/mol. The molecule has 1 aliphatic heterocycles. The molecule has 0 saturated carbocycles. The van der Waals surface area contributed by atoms with Crippen LogP contribution < -0.4 is 9.47 Å². The number of nitrogens with one attached hydrogen (secondary N) is 1. The summed E-state index contributed by atoms with van der Waals surface area (Å²) >= 11 is 0. The summed E-state index contributed by atoms with van der Waals surface area (Å²) in [6.07, 6.45) is 3.68. The van der Waals surface area contributed by atoms with E-state index < -0.39 is 0 Å². The van der Waals surface area contributed by atoms with E-state index in [0.29, 0.717) is 28.7 Å². The molecule has 2 heterocycles. The molecule has 0 spiro atoms. The van der Waals surface area contributed by atoms with Gasteiger partial charge >= 0.3 is 0 Å². The third-order valence-electron chi connectivity index (χ3n) is 10.1. The van der Waals surface area contributed by atoms with E-state index in [9.17, 15) is 0 Å². The Morgan fingerprint density at radius 3 is 1.98 bits per heavy atom. The molecule has 1 N–H and O–H groups in total. The first-order valence-electron chi connectivity index (χ1n) is 18.3. The molecular weight excluding hydrogens is 675 g/mol. The fourth-order valence-corrected chi connectivity index (χ4v) is 7.42. The molecular formula is C50H33N3O2. The van der Waals surface area contributed by atoms with Crippen molar-refractivity contribution in [1.82, 2.24) is 4.57 Å². The third-order valence-corrected chi connectivity index (χ3v) is 10.1. The van der Waals surface area contributed by atoms with Crippen molar-refractivity contribution >= 4 is 50.2 Å². The summed E-state index contributed by atoms with van der Waals surface area (Å²) in [5.41, 5.74) is 8.99. The van der Waals surface area contributed by atoms with Crippen molar-refractivity contribution in [2.45, 2.75) is 0 Å². The van der Waals surface area contributed by atoms with Crippen LogP contribution in [0.15, 0.2) is 193 Å². The van der Waals surface area contributed by atoms with Crippen LogP contribution in [0.25, 0.3) is 55.1 Å². The van der Waals surface area contributed by atoms with Gasteiger partial charge in [-0.25, -0.2) is 0 Å². The van der Waals surface area contributed by atoms with Gasteiger partial charge in [-0.05, 0) is 82.1 Å². The number of hydrogen-bond donors (Lipinski definition) is 1. The maximum Gasteiger partial charge on any atom is 0.194 e. The minimum atomic E-state index is 0.384. The van der Waals surface area contributed by atoms with E-state index in [1.165, 1.54) is 0 Å². The van der Waals surface area contributed by atoms with Gasteiger partial charge in [0.15, 0.2) is 23.0 Å². The van der Waals surface area contributed by atoms with Crippen LogP contribution in [0, 0.1) is 5.41 Å². The Bertz CT molecular complexity index is 2980. The topological polar surface area (TPSA) is 59.6 Å². The van der Waals surface area contributed by atoms with Gasteiger partial charge in [0.2, 0.25) is 0 Å². The summed E-state index contributed by atoms with van der Waals surface area (Å²) in [7, 11) is 0. The molecule has 10 rings (SSSR count). The molecule has 0 fully saturated rings. The van der Waals surface area contributed by atoms with Crippen LogP contribution in [0.4, 0.5) is 0 Å². The molecule has 1 aromatic heterocycles. The first-order chi connectivity index (χ1) is 27.2. The molecule has 0 atom stereocenters. The van der Waals surface area contributed by atoms with E-state index in [2.05, 4.69) is 89.5 Å². The van der Waals surface area contributed by atoms with E-state index in [4.69, 9.17) is 19.9 Å². The highest BCUT2D eigenvalue weighted by Crippen LogP contribution is 2.51. The maximum absolute atomic E-state index is 9.12. The first kappa shape index (κ1) is 32.2. The van der Waals surface area contributed by atoms with Gasteiger partial charge in [-0.1, -0.05) is 133 Å². The first-order valence-corrected chi connectivity index (χ1v) is 18.3. The Kier molecular flexibility index (Phi) is 7.89.